The number of alkyl halides is 3. The van der Waals surface area contributed by atoms with Gasteiger partial charge in [0.15, 0.2) is 5.69 Å². The van der Waals surface area contributed by atoms with E-state index < -0.39 is 11.9 Å². The Morgan fingerprint density at radius 3 is 2.34 bits per heavy atom. The average Bonchev–Trinajstić information content (AvgIpc) is 2.85. The summed E-state index contributed by atoms with van der Waals surface area (Å²) in [5, 5.41) is 3.42. The molecule has 1 N–H and O–H groups in total. The number of hydrogen-bond donors (Lipinski definition) is 1. The van der Waals surface area contributed by atoms with Crippen LogP contribution >= 0.6 is 12.4 Å². The van der Waals surface area contributed by atoms with Crippen LogP contribution in [0.3, 0.4) is 0 Å². The van der Waals surface area contributed by atoms with E-state index in [0.717, 1.165) is 31.6 Å². The SMILES string of the molecule is C[C@@H]1CN(Cc2cnc(NC34CCC5CC(CC(C5)C3)C4)nc2C(F)(F)F)C[C@H](C)O1.Cl. The molecule has 1 saturated heterocycles. The number of ether oxygens (including phenoxy) is 1. The molecule has 1 aromatic rings. The zero-order chi connectivity index (χ0) is 21.8. The number of fused-ring (bicyclic) bond motifs is 1. The molecule has 4 atom stereocenters. The van der Waals surface area contributed by atoms with Crippen molar-refractivity contribution in [2.24, 2.45) is 17.8 Å². The first kappa shape index (κ1) is 24.0. The molecule has 6 rings (SSSR count). The van der Waals surface area contributed by atoms with Gasteiger partial charge in [0.05, 0.1) is 12.2 Å². The third-order valence-electron chi connectivity index (χ3n) is 7.79. The van der Waals surface area contributed by atoms with Crippen LogP contribution < -0.4 is 5.32 Å². The summed E-state index contributed by atoms with van der Waals surface area (Å²) < 4.78 is 47.5. The van der Waals surface area contributed by atoms with Crippen LogP contribution in [0, 0.1) is 17.8 Å². The van der Waals surface area contributed by atoms with Crippen molar-refractivity contribution < 1.29 is 17.9 Å². The summed E-state index contributed by atoms with van der Waals surface area (Å²) in [7, 11) is 0. The third-order valence-corrected chi connectivity index (χ3v) is 7.79. The zero-order valence-electron chi connectivity index (χ0n) is 18.8. The first-order valence-electron chi connectivity index (χ1n) is 11.8. The van der Waals surface area contributed by atoms with E-state index in [2.05, 4.69) is 15.3 Å². The lowest BCUT2D eigenvalue weighted by molar-refractivity contribution is -0.142. The van der Waals surface area contributed by atoms with Crippen molar-refractivity contribution in [1.82, 2.24) is 14.9 Å². The Morgan fingerprint density at radius 2 is 1.72 bits per heavy atom. The smallest absolute Gasteiger partial charge is 0.373 e. The fourth-order valence-corrected chi connectivity index (χ4v) is 7.03. The molecule has 9 heteroatoms. The molecule has 0 aromatic carbocycles. The lowest BCUT2D eigenvalue weighted by Crippen LogP contribution is -2.46. The van der Waals surface area contributed by atoms with Crippen LogP contribution in [0.25, 0.3) is 0 Å². The fraction of sp³-hybridized carbons (Fsp3) is 0.826. The molecule has 1 aromatic heterocycles. The molecule has 0 radical (unpaired) electrons. The monoisotopic (exact) mass is 474 g/mol. The first-order chi connectivity index (χ1) is 14.7. The minimum Gasteiger partial charge on any atom is -0.373 e. The van der Waals surface area contributed by atoms with Crippen molar-refractivity contribution in [3.05, 3.63) is 17.5 Å². The van der Waals surface area contributed by atoms with Crippen molar-refractivity contribution in [2.75, 3.05) is 18.4 Å². The molecule has 4 aliphatic carbocycles. The topological polar surface area (TPSA) is 50.3 Å². The summed E-state index contributed by atoms with van der Waals surface area (Å²) in [5.74, 6) is 2.32. The van der Waals surface area contributed by atoms with Crippen molar-refractivity contribution in [3.8, 4) is 0 Å². The highest BCUT2D eigenvalue weighted by molar-refractivity contribution is 5.85. The molecule has 5 fully saturated rings. The molecule has 0 spiro atoms. The van der Waals surface area contributed by atoms with Crippen LogP contribution in [0.15, 0.2) is 6.20 Å². The lowest BCUT2D eigenvalue weighted by atomic mass is 9.65. The van der Waals surface area contributed by atoms with Gasteiger partial charge in [-0.3, -0.25) is 4.90 Å². The number of aromatic nitrogens is 2. The second-order valence-electron chi connectivity index (χ2n) is 10.7. The molecule has 2 unspecified atom stereocenters. The summed E-state index contributed by atoms with van der Waals surface area (Å²) >= 11 is 0. The minimum atomic E-state index is -4.50. The number of hydrogen-bond acceptors (Lipinski definition) is 5. The first-order valence-corrected chi connectivity index (χ1v) is 11.8. The normalized spacial score (nSPS) is 37.1. The average molecular weight is 475 g/mol. The molecular weight excluding hydrogens is 441 g/mol. The van der Waals surface area contributed by atoms with Crippen LogP contribution in [0.1, 0.15) is 70.1 Å². The number of morpholine rings is 1. The van der Waals surface area contributed by atoms with Crippen LogP contribution in [-0.4, -0.2) is 45.7 Å². The number of anilines is 1. The highest BCUT2D eigenvalue weighted by atomic mass is 35.5. The summed E-state index contributed by atoms with van der Waals surface area (Å²) in [5.41, 5.74) is -0.807. The Kier molecular flexibility index (Phi) is 6.69. The molecule has 0 amide bonds. The van der Waals surface area contributed by atoms with Gasteiger partial charge in [-0.2, -0.15) is 13.2 Å². The second-order valence-corrected chi connectivity index (χ2v) is 10.7. The van der Waals surface area contributed by atoms with Crippen molar-refractivity contribution >= 4 is 18.4 Å². The van der Waals surface area contributed by atoms with Gasteiger partial charge < -0.3 is 10.1 Å². The van der Waals surface area contributed by atoms with Gasteiger partial charge in [0.2, 0.25) is 5.95 Å². The summed E-state index contributed by atoms with van der Waals surface area (Å²) in [4.78, 5) is 10.4. The third kappa shape index (κ3) is 5.02. The van der Waals surface area contributed by atoms with Gasteiger partial charge in [-0.15, -0.1) is 12.4 Å². The van der Waals surface area contributed by atoms with Gasteiger partial charge >= 0.3 is 6.18 Å². The minimum absolute atomic E-state index is 0. The summed E-state index contributed by atoms with van der Waals surface area (Å²) in [6.45, 7) is 5.29. The van der Waals surface area contributed by atoms with Gasteiger partial charge in [0.25, 0.3) is 0 Å². The maximum Gasteiger partial charge on any atom is 0.433 e. The van der Waals surface area contributed by atoms with E-state index in [9.17, 15) is 13.2 Å². The molecule has 180 valence electrons. The molecule has 32 heavy (non-hydrogen) atoms. The number of rotatable bonds is 4. The molecule has 2 heterocycles. The van der Waals surface area contributed by atoms with E-state index in [0.29, 0.717) is 24.9 Å². The van der Waals surface area contributed by atoms with E-state index >= 15 is 0 Å². The van der Waals surface area contributed by atoms with Gasteiger partial charge in [-0.25, -0.2) is 9.97 Å². The Labute approximate surface area is 194 Å². The highest BCUT2D eigenvalue weighted by Crippen LogP contribution is 2.53. The molecule has 4 bridgehead atoms. The maximum atomic E-state index is 13.9. The van der Waals surface area contributed by atoms with Gasteiger partial charge in [0, 0.05) is 36.9 Å². The fourth-order valence-electron chi connectivity index (χ4n) is 7.03. The molecule has 5 aliphatic rings. The Bertz CT molecular complexity index is 799. The lowest BCUT2D eigenvalue weighted by Gasteiger charge is -2.45. The van der Waals surface area contributed by atoms with Gasteiger partial charge in [-0.1, -0.05) is 0 Å². The maximum absolute atomic E-state index is 13.9. The van der Waals surface area contributed by atoms with Gasteiger partial charge in [-0.05, 0) is 76.5 Å². The molecule has 1 aliphatic heterocycles. The van der Waals surface area contributed by atoms with Crippen molar-refractivity contribution in [3.63, 3.8) is 0 Å². The van der Waals surface area contributed by atoms with Crippen molar-refractivity contribution in [1.29, 1.82) is 0 Å². The molecule has 4 saturated carbocycles. The zero-order valence-corrected chi connectivity index (χ0v) is 19.6. The second kappa shape index (κ2) is 8.91. The van der Waals surface area contributed by atoms with E-state index in [-0.39, 0.29) is 48.2 Å². The van der Waals surface area contributed by atoms with Crippen LogP contribution in [0.4, 0.5) is 19.1 Å². The predicted molar refractivity (Wildman–Crippen MR) is 119 cm³/mol. The quantitative estimate of drug-likeness (QED) is 0.642. The van der Waals surface area contributed by atoms with Gasteiger partial charge in [0.1, 0.15) is 0 Å². The Balaban J connectivity index is 0.00000245. The van der Waals surface area contributed by atoms with Crippen LogP contribution in [0.5, 0.6) is 0 Å². The summed E-state index contributed by atoms with van der Waals surface area (Å²) in [6, 6.07) is 0. The predicted octanol–water partition coefficient (Wildman–Crippen LogP) is 5.30. The van der Waals surface area contributed by atoms with E-state index in [1.54, 1.807) is 0 Å². The summed E-state index contributed by atoms with van der Waals surface area (Å²) in [6.07, 6.45) is 4.98. The number of halogens is 4. The number of nitrogens with one attached hydrogen (secondary N) is 1. The van der Waals surface area contributed by atoms with E-state index in [1.807, 2.05) is 18.7 Å². The van der Waals surface area contributed by atoms with E-state index in [4.69, 9.17) is 4.74 Å². The van der Waals surface area contributed by atoms with Crippen LogP contribution in [0.2, 0.25) is 0 Å². The highest BCUT2D eigenvalue weighted by Gasteiger charge is 2.48. The Morgan fingerprint density at radius 1 is 1.09 bits per heavy atom. The number of nitrogens with zero attached hydrogens (tertiary/aromatic N) is 3. The van der Waals surface area contributed by atoms with Crippen LogP contribution in [-0.2, 0) is 17.5 Å². The largest absolute Gasteiger partial charge is 0.433 e. The van der Waals surface area contributed by atoms with E-state index in [1.165, 1.54) is 25.5 Å². The van der Waals surface area contributed by atoms with Crippen molar-refractivity contribution in [2.45, 2.75) is 89.3 Å². The standard InChI is InChI=1S/C23H33F3N4O.ClH/c1-14-11-30(12-15(2)31-14)13-19-10-27-21(28-20(19)23(24,25)26)29-22-4-3-16-5-17(8-22)7-18(6-16)9-22;/h10,14-18H,3-9,11-13H2,1-2H3,(H,27,28,29);1H/t14-,15+,16?,17?,18?,22?;. The molecular formula is C23H34ClF3N4O. The molecule has 5 nitrogen and oxygen atoms in total. The Hall–Kier alpha value is -1.12.